The molecule has 0 aromatic heterocycles. The molecule has 2 aromatic rings. The van der Waals surface area contributed by atoms with Gasteiger partial charge in [-0.15, -0.1) is 0 Å². The van der Waals surface area contributed by atoms with Gasteiger partial charge in [-0.05, 0) is 29.8 Å². The fourth-order valence-electron chi connectivity index (χ4n) is 1.73. The van der Waals surface area contributed by atoms with Gasteiger partial charge in [0.25, 0.3) is 5.91 Å². The van der Waals surface area contributed by atoms with Crippen LogP contribution in [0.2, 0.25) is 10.0 Å². The van der Waals surface area contributed by atoms with E-state index in [1.165, 1.54) is 24.3 Å². The van der Waals surface area contributed by atoms with Crippen molar-refractivity contribution in [1.29, 1.82) is 0 Å². The molecule has 0 spiro atoms. The van der Waals surface area contributed by atoms with Gasteiger partial charge < -0.3 is 15.2 Å². The third kappa shape index (κ3) is 4.10. The summed E-state index contributed by atoms with van der Waals surface area (Å²) in [6.07, 6.45) is 1.30. The van der Waals surface area contributed by atoms with Crippen molar-refractivity contribution in [2.24, 2.45) is 0 Å². The zero-order chi connectivity index (χ0) is 16.1. The lowest BCUT2D eigenvalue weighted by Gasteiger charge is -2.12. The SMILES string of the molecule is O=C([O-])/C(=C/c1ccccc1)NC(=O)c1ccc(Cl)cc1Cl. The number of carbonyl (C=O) groups is 2. The summed E-state index contributed by atoms with van der Waals surface area (Å²) in [5.74, 6) is -2.16. The van der Waals surface area contributed by atoms with E-state index >= 15 is 0 Å². The quantitative estimate of drug-likeness (QED) is 0.873. The van der Waals surface area contributed by atoms with E-state index in [-0.39, 0.29) is 16.3 Å². The molecule has 0 aliphatic carbocycles. The van der Waals surface area contributed by atoms with Crippen LogP contribution >= 0.6 is 23.2 Å². The van der Waals surface area contributed by atoms with E-state index in [0.29, 0.717) is 10.6 Å². The maximum Gasteiger partial charge on any atom is 0.257 e. The Bertz CT molecular complexity index is 742. The Labute approximate surface area is 137 Å². The average Bonchev–Trinajstić information content (AvgIpc) is 2.47. The monoisotopic (exact) mass is 334 g/mol. The zero-order valence-corrected chi connectivity index (χ0v) is 12.7. The molecule has 0 radical (unpaired) electrons. The minimum absolute atomic E-state index is 0.117. The van der Waals surface area contributed by atoms with E-state index in [1.54, 1.807) is 30.3 Å². The van der Waals surface area contributed by atoms with E-state index in [0.717, 1.165) is 0 Å². The highest BCUT2D eigenvalue weighted by Gasteiger charge is 2.12. The summed E-state index contributed by atoms with van der Waals surface area (Å²) in [4.78, 5) is 23.3. The van der Waals surface area contributed by atoms with Crippen molar-refractivity contribution in [2.45, 2.75) is 0 Å². The van der Waals surface area contributed by atoms with Crippen LogP contribution in [0.3, 0.4) is 0 Å². The number of aliphatic carboxylic acids is 1. The van der Waals surface area contributed by atoms with Crippen molar-refractivity contribution in [3.05, 3.63) is 75.4 Å². The van der Waals surface area contributed by atoms with E-state index < -0.39 is 11.9 Å². The van der Waals surface area contributed by atoms with Crippen LogP contribution in [-0.2, 0) is 4.79 Å². The van der Waals surface area contributed by atoms with Crippen molar-refractivity contribution >= 4 is 41.2 Å². The van der Waals surface area contributed by atoms with Crippen molar-refractivity contribution in [3.63, 3.8) is 0 Å². The number of carboxylic acids is 1. The Hall–Kier alpha value is -2.30. The summed E-state index contributed by atoms with van der Waals surface area (Å²) in [7, 11) is 0. The lowest BCUT2D eigenvalue weighted by atomic mass is 10.1. The predicted molar refractivity (Wildman–Crippen MR) is 83.4 cm³/mol. The molecule has 6 heteroatoms. The maximum absolute atomic E-state index is 12.1. The van der Waals surface area contributed by atoms with Gasteiger partial charge >= 0.3 is 0 Å². The molecular formula is C16H10Cl2NO3-. The lowest BCUT2D eigenvalue weighted by Crippen LogP contribution is -2.35. The molecule has 0 aliphatic heterocycles. The van der Waals surface area contributed by atoms with E-state index in [9.17, 15) is 14.7 Å². The number of amides is 1. The van der Waals surface area contributed by atoms with E-state index in [1.807, 2.05) is 0 Å². The first kappa shape index (κ1) is 16.1. The van der Waals surface area contributed by atoms with Gasteiger partial charge in [-0.2, -0.15) is 0 Å². The Morgan fingerprint density at radius 2 is 1.73 bits per heavy atom. The van der Waals surface area contributed by atoms with Crippen LogP contribution in [0.15, 0.2) is 54.2 Å². The fourth-order valence-corrected chi connectivity index (χ4v) is 2.22. The summed E-state index contributed by atoms with van der Waals surface area (Å²) in [6.45, 7) is 0. The van der Waals surface area contributed by atoms with Crippen molar-refractivity contribution < 1.29 is 14.7 Å². The Kier molecular flexibility index (Phi) is 5.20. The van der Waals surface area contributed by atoms with Crippen LogP contribution in [0.1, 0.15) is 15.9 Å². The van der Waals surface area contributed by atoms with Crippen LogP contribution in [0.5, 0.6) is 0 Å². The molecule has 1 amide bonds. The van der Waals surface area contributed by atoms with Gasteiger partial charge in [-0.1, -0.05) is 53.5 Å². The smallest absolute Gasteiger partial charge is 0.257 e. The highest BCUT2D eigenvalue weighted by molar-refractivity contribution is 6.36. The maximum atomic E-state index is 12.1. The van der Waals surface area contributed by atoms with Gasteiger partial charge in [0, 0.05) is 5.02 Å². The second-order valence-corrected chi connectivity index (χ2v) is 5.18. The van der Waals surface area contributed by atoms with Crippen LogP contribution < -0.4 is 10.4 Å². The second kappa shape index (κ2) is 7.11. The number of benzene rings is 2. The van der Waals surface area contributed by atoms with Gasteiger partial charge in [-0.25, -0.2) is 0 Å². The molecule has 1 N–H and O–H groups in total. The summed E-state index contributed by atoms with van der Waals surface area (Å²) >= 11 is 11.7. The summed E-state index contributed by atoms with van der Waals surface area (Å²) < 4.78 is 0. The molecule has 0 heterocycles. The van der Waals surface area contributed by atoms with Crippen molar-refractivity contribution in [3.8, 4) is 0 Å². The summed E-state index contributed by atoms with van der Waals surface area (Å²) in [6, 6.07) is 13.0. The molecule has 0 atom stereocenters. The number of hydrogen-bond donors (Lipinski definition) is 1. The minimum Gasteiger partial charge on any atom is -0.543 e. The molecule has 0 unspecified atom stereocenters. The fraction of sp³-hybridized carbons (Fsp3) is 0. The molecular weight excluding hydrogens is 325 g/mol. The van der Waals surface area contributed by atoms with Crippen molar-refractivity contribution in [2.75, 3.05) is 0 Å². The van der Waals surface area contributed by atoms with Crippen LogP contribution in [0.25, 0.3) is 6.08 Å². The largest absolute Gasteiger partial charge is 0.543 e. The van der Waals surface area contributed by atoms with Gasteiger partial charge in [0.15, 0.2) is 0 Å². The molecule has 4 nitrogen and oxygen atoms in total. The molecule has 0 fully saturated rings. The topological polar surface area (TPSA) is 69.2 Å². The number of carbonyl (C=O) groups excluding carboxylic acids is 2. The summed E-state index contributed by atoms with van der Waals surface area (Å²) in [5, 5.41) is 13.9. The first-order valence-electron chi connectivity index (χ1n) is 6.22. The van der Waals surface area contributed by atoms with Crippen molar-refractivity contribution in [1.82, 2.24) is 5.32 Å². The third-order valence-electron chi connectivity index (χ3n) is 2.75. The third-order valence-corrected chi connectivity index (χ3v) is 3.30. The van der Waals surface area contributed by atoms with E-state index in [2.05, 4.69) is 5.32 Å². The summed E-state index contributed by atoms with van der Waals surface area (Å²) in [5.41, 5.74) is 0.373. The standard InChI is InChI=1S/C16H11Cl2NO3/c17-11-6-7-12(13(18)9-11)15(20)19-14(16(21)22)8-10-4-2-1-3-5-10/h1-9H,(H,19,20)(H,21,22)/p-1/b14-8-. The lowest BCUT2D eigenvalue weighted by molar-refractivity contribution is -0.299. The normalized spacial score (nSPS) is 11.1. The van der Waals surface area contributed by atoms with Gasteiger partial charge in [0.1, 0.15) is 0 Å². The number of rotatable bonds is 4. The zero-order valence-electron chi connectivity index (χ0n) is 11.2. The first-order chi connectivity index (χ1) is 10.5. The highest BCUT2D eigenvalue weighted by atomic mass is 35.5. The average molecular weight is 335 g/mol. The van der Waals surface area contributed by atoms with Gasteiger partial charge in [-0.3, -0.25) is 4.79 Å². The molecule has 0 saturated carbocycles. The number of nitrogens with one attached hydrogen (secondary N) is 1. The Morgan fingerprint density at radius 1 is 1.05 bits per heavy atom. The molecule has 0 saturated heterocycles. The molecule has 2 aromatic carbocycles. The Balaban J connectivity index is 2.27. The number of halogens is 2. The minimum atomic E-state index is -1.50. The van der Waals surface area contributed by atoms with Crippen LogP contribution in [0.4, 0.5) is 0 Å². The van der Waals surface area contributed by atoms with Crippen LogP contribution in [-0.4, -0.2) is 11.9 Å². The molecule has 0 aliphatic rings. The molecule has 22 heavy (non-hydrogen) atoms. The Morgan fingerprint density at radius 3 is 2.32 bits per heavy atom. The van der Waals surface area contributed by atoms with E-state index in [4.69, 9.17) is 23.2 Å². The predicted octanol–water partition coefficient (Wildman–Crippen LogP) is 2.51. The first-order valence-corrected chi connectivity index (χ1v) is 6.97. The molecule has 2 rings (SSSR count). The number of carboxylic acid groups (broad SMARTS) is 1. The molecule has 112 valence electrons. The number of hydrogen-bond acceptors (Lipinski definition) is 3. The highest BCUT2D eigenvalue weighted by Crippen LogP contribution is 2.21. The van der Waals surface area contributed by atoms with Gasteiger partial charge in [0.2, 0.25) is 0 Å². The molecule has 0 bridgehead atoms. The second-order valence-electron chi connectivity index (χ2n) is 4.33. The van der Waals surface area contributed by atoms with Gasteiger partial charge in [0.05, 0.1) is 22.3 Å². The van der Waals surface area contributed by atoms with Crippen LogP contribution in [0, 0.1) is 0 Å².